The summed E-state index contributed by atoms with van der Waals surface area (Å²) in [6.45, 7) is 6.92. The number of piperazine rings is 1. The molecular weight excluding hydrogens is 491 g/mol. The molecule has 0 unspecified atom stereocenters. The molecule has 0 aromatic carbocycles. The third kappa shape index (κ3) is 4.27. The van der Waals surface area contributed by atoms with Gasteiger partial charge in [-0.25, -0.2) is 21.9 Å². The fourth-order valence-electron chi connectivity index (χ4n) is 4.26. The SMILES string of the molecule is C[C@H]1CN(c2cc(S(=O)(=O)NC3(C)CC3)cn3c(-c4nnc(C(F)F)s4)c(F)nc23)C[C@H](C)N1. The summed E-state index contributed by atoms with van der Waals surface area (Å²) < 4.78 is 71.8. The highest BCUT2D eigenvalue weighted by Gasteiger charge is 2.42. The first-order chi connectivity index (χ1) is 16.0. The van der Waals surface area contributed by atoms with Crippen LogP contribution in [-0.2, 0) is 10.0 Å². The molecule has 0 radical (unpaired) electrons. The van der Waals surface area contributed by atoms with E-state index < -0.39 is 32.9 Å². The zero-order chi connectivity index (χ0) is 24.4. The number of aromatic nitrogens is 4. The van der Waals surface area contributed by atoms with E-state index in [9.17, 15) is 17.2 Å². The van der Waals surface area contributed by atoms with Crippen LogP contribution in [0.4, 0.5) is 18.9 Å². The molecule has 4 heterocycles. The van der Waals surface area contributed by atoms with E-state index in [0.717, 1.165) is 12.8 Å². The van der Waals surface area contributed by atoms with Crippen molar-refractivity contribution >= 4 is 32.7 Å². The lowest BCUT2D eigenvalue weighted by Gasteiger charge is -2.37. The number of halogens is 3. The summed E-state index contributed by atoms with van der Waals surface area (Å²) in [4.78, 5) is 5.94. The molecule has 3 aromatic rings. The van der Waals surface area contributed by atoms with E-state index in [1.54, 1.807) is 0 Å². The Morgan fingerprint density at radius 2 is 1.91 bits per heavy atom. The Bertz CT molecular complexity index is 1340. The number of nitrogens with one attached hydrogen (secondary N) is 2. The first kappa shape index (κ1) is 23.5. The summed E-state index contributed by atoms with van der Waals surface area (Å²) in [5, 5.41) is 9.90. The van der Waals surface area contributed by atoms with E-state index in [2.05, 4.69) is 25.2 Å². The largest absolute Gasteiger partial charge is 0.365 e. The maximum Gasteiger partial charge on any atom is 0.291 e. The van der Waals surface area contributed by atoms with E-state index in [0.29, 0.717) is 30.1 Å². The predicted octanol–water partition coefficient (Wildman–Crippen LogP) is 2.95. The Balaban J connectivity index is 1.71. The fraction of sp³-hybridized carbons (Fsp3) is 0.550. The highest BCUT2D eigenvalue weighted by molar-refractivity contribution is 7.89. The number of imidazole rings is 1. The first-order valence-electron chi connectivity index (χ1n) is 10.8. The summed E-state index contributed by atoms with van der Waals surface area (Å²) >= 11 is 0.542. The number of hydrogen-bond donors (Lipinski definition) is 2. The summed E-state index contributed by atoms with van der Waals surface area (Å²) in [6.07, 6.45) is -0.149. The van der Waals surface area contributed by atoms with Crippen LogP contribution in [0.3, 0.4) is 0 Å². The molecule has 0 amide bonds. The van der Waals surface area contributed by atoms with Crippen molar-refractivity contribution in [2.45, 2.75) is 62.6 Å². The van der Waals surface area contributed by atoms with E-state index >= 15 is 4.39 Å². The monoisotopic (exact) mass is 515 g/mol. The van der Waals surface area contributed by atoms with Crippen molar-refractivity contribution in [3.63, 3.8) is 0 Å². The Morgan fingerprint density at radius 3 is 2.50 bits per heavy atom. The van der Waals surface area contributed by atoms with Gasteiger partial charge in [-0.05, 0) is 39.7 Å². The molecule has 9 nitrogen and oxygen atoms in total. The van der Waals surface area contributed by atoms with E-state index in [1.165, 1.54) is 16.7 Å². The molecule has 0 spiro atoms. The van der Waals surface area contributed by atoms with Crippen molar-refractivity contribution < 1.29 is 21.6 Å². The number of hydrogen-bond acceptors (Lipinski definition) is 8. The number of fused-ring (bicyclic) bond motifs is 1. The highest BCUT2D eigenvalue weighted by atomic mass is 32.2. The number of nitrogens with zero attached hydrogens (tertiary/aromatic N) is 5. The molecule has 3 aromatic heterocycles. The van der Waals surface area contributed by atoms with Crippen molar-refractivity contribution in [1.82, 2.24) is 29.6 Å². The molecule has 1 saturated carbocycles. The molecule has 14 heteroatoms. The molecule has 1 saturated heterocycles. The summed E-state index contributed by atoms with van der Waals surface area (Å²) in [7, 11) is -3.95. The lowest BCUT2D eigenvalue weighted by atomic mass is 10.1. The molecule has 2 fully saturated rings. The van der Waals surface area contributed by atoms with Crippen LogP contribution in [0.25, 0.3) is 16.3 Å². The van der Waals surface area contributed by atoms with E-state index in [1.807, 2.05) is 25.7 Å². The van der Waals surface area contributed by atoms with Gasteiger partial charge in [-0.15, -0.1) is 10.2 Å². The zero-order valence-corrected chi connectivity index (χ0v) is 20.4. The van der Waals surface area contributed by atoms with Crippen molar-refractivity contribution in [2.24, 2.45) is 0 Å². The highest BCUT2D eigenvalue weighted by Crippen LogP contribution is 2.38. The van der Waals surface area contributed by atoms with Gasteiger partial charge in [0.1, 0.15) is 10.6 Å². The molecule has 34 heavy (non-hydrogen) atoms. The zero-order valence-electron chi connectivity index (χ0n) is 18.7. The Labute approximate surface area is 198 Å². The van der Waals surface area contributed by atoms with Crippen molar-refractivity contribution in [1.29, 1.82) is 0 Å². The summed E-state index contributed by atoms with van der Waals surface area (Å²) in [5.41, 5.74) is -0.0982. The van der Waals surface area contributed by atoms with Gasteiger partial charge in [0, 0.05) is 36.9 Å². The smallest absolute Gasteiger partial charge is 0.291 e. The predicted molar refractivity (Wildman–Crippen MR) is 121 cm³/mol. The number of anilines is 1. The van der Waals surface area contributed by atoms with Crippen LogP contribution in [0.2, 0.25) is 0 Å². The Kier molecular flexibility index (Phi) is 5.61. The Morgan fingerprint density at radius 1 is 1.24 bits per heavy atom. The third-order valence-electron chi connectivity index (χ3n) is 6.05. The van der Waals surface area contributed by atoms with Crippen LogP contribution in [0, 0.1) is 5.95 Å². The van der Waals surface area contributed by atoms with Gasteiger partial charge in [0.25, 0.3) is 6.43 Å². The molecule has 1 aliphatic carbocycles. The first-order valence-corrected chi connectivity index (χ1v) is 13.1. The average Bonchev–Trinajstić information content (AvgIpc) is 3.12. The second-order valence-corrected chi connectivity index (χ2v) is 12.0. The quantitative estimate of drug-likeness (QED) is 0.520. The lowest BCUT2D eigenvalue weighted by molar-refractivity contribution is 0.150. The van der Waals surface area contributed by atoms with E-state index in [-0.39, 0.29) is 33.3 Å². The maximum atomic E-state index is 15.1. The van der Waals surface area contributed by atoms with Gasteiger partial charge in [0.15, 0.2) is 15.7 Å². The van der Waals surface area contributed by atoms with Crippen molar-refractivity contribution in [2.75, 3.05) is 18.0 Å². The molecular formula is C20H24F3N7O2S2. The molecule has 2 atom stereocenters. The van der Waals surface area contributed by atoms with Gasteiger partial charge in [0.2, 0.25) is 16.0 Å². The summed E-state index contributed by atoms with van der Waals surface area (Å²) in [6, 6.07) is 1.70. The van der Waals surface area contributed by atoms with Crippen LogP contribution in [0.1, 0.15) is 45.0 Å². The molecule has 2 N–H and O–H groups in total. The minimum absolute atomic E-state index is 0.0702. The van der Waals surface area contributed by atoms with E-state index in [4.69, 9.17) is 0 Å². The Hall–Kier alpha value is -2.29. The minimum Gasteiger partial charge on any atom is -0.365 e. The van der Waals surface area contributed by atoms with Gasteiger partial charge < -0.3 is 10.2 Å². The van der Waals surface area contributed by atoms with Gasteiger partial charge in [-0.3, -0.25) is 4.40 Å². The number of rotatable bonds is 6. The number of pyridine rings is 1. The van der Waals surface area contributed by atoms with Crippen LogP contribution in [-0.4, -0.2) is 58.7 Å². The van der Waals surface area contributed by atoms with Gasteiger partial charge in [0.05, 0.1) is 5.69 Å². The fourth-order valence-corrected chi connectivity index (χ4v) is 6.47. The van der Waals surface area contributed by atoms with Crippen LogP contribution < -0.4 is 14.9 Å². The van der Waals surface area contributed by atoms with Gasteiger partial charge in [-0.1, -0.05) is 11.3 Å². The molecule has 184 valence electrons. The molecule has 0 bridgehead atoms. The van der Waals surface area contributed by atoms with Gasteiger partial charge in [-0.2, -0.15) is 9.37 Å². The maximum absolute atomic E-state index is 15.1. The van der Waals surface area contributed by atoms with Crippen molar-refractivity contribution in [3.05, 3.63) is 23.2 Å². The molecule has 2 aliphatic rings. The van der Waals surface area contributed by atoms with Crippen LogP contribution >= 0.6 is 11.3 Å². The topological polar surface area (TPSA) is 105 Å². The average molecular weight is 516 g/mol. The van der Waals surface area contributed by atoms with Crippen molar-refractivity contribution in [3.8, 4) is 10.7 Å². The van der Waals surface area contributed by atoms with Gasteiger partial charge >= 0.3 is 0 Å². The molecule has 1 aliphatic heterocycles. The van der Waals surface area contributed by atoms with Crippen LogP contribution in [0.15, 0.2) is 17.2 Å². The summed E-state index contributed by atoms with van der Waals surface area (Å²) in [5.74, 6) is -0.939. The molecule has 5 rings (SSSR count). The third-order valence-corrected chi connectivity index (χ3v) is 8.59. The lowest BCUT2D eigenvalue weighted by Crippen LogP contribution is -2.54. The van der Waals surface area contributed by atoms with Crippen LogP contribution in [0.5, 0.6) is 0 Å². The number of sulfonamides is 1. The minimum atomic E-state index is -3.95. The second-order valence-electron chi connectivity index (χ2n) is 9.29. The normalized spacial score (nSPS) is 22.6. The standard InChI is InChI=1S/C20H24F3N7O2S2/c1-10-7-29(8-11(2)24-10)13-6-12(34(31,32)28-20(3)4-5-20)9-30-14(16(23)25-17(13)30)18-26-27-19(33-18)15(21)22/h6,9-11,15,24,28H,4-5,7-8H2,1-3H3/t10-,11-/m0/s1. The number of alkyl halides is 2. The second kappa shape index (κ2) is 8.14.